The molecule has 53 heavy (non-hydrogen) atoms. The second-order valence-corrected chi connectivity index (χ2v) is 14.6. The molecule has 0 aliphatic heterocycles. The molecule has 0 saturated heterocycles. The van der Waals surface area contributed by atoms with Gasteiger partial charge in [-0.25, -0.2) is 14.2 Å². The summed E-state index contributed by atoms with van der Waals surface area (Å²) < 4.78 is 23.3. The number of carbonyl (C=O) groups is 4. The summed E-state index contributed by atoms with van der Waals surface area (Å²) in [5, 5.41) is 3.53. The van der Waals surface area contributed by atoms with Gasteiger partial charge in [-0.1, -0.05) is 48.5 Å². The third kappa shape index (κ3) is 11.2. The highest BCUT2D eigenvalue weighted by molar-refractivity contribution is 5.99. The molecule has 2 amide bonds. The van der Waals surface area contributed by atoms with Crippen molar-refractivity contribution in [1.82, 2.24) is 9.88 Å². The number of carbonyl (C=O) groups excluding carboxylic acids is 4. The summed E-state index contributed by atoms with van der Waals surface area (Å²) in [5.41, 5.74) is 2.69. The second-order valence-electron chi connectivity index (χ2n) is 14.6. The summed E-state index contributed by atoms with van der Waals surface area (Å²) in [6.07, 6.45) is 3.13. The fourth-order valence-corrected chi connectivity index (χ4v) is 5.79. The smallest absolute Gasteiger partial charge is 0.419 e. The molecule has 4 rings (SSSR count). The number of nitrogens with zero attached hydrogens (tertiary/aromatic N) is 2. The van der Waals surface area contributed by atoms with Gasteiger partial charge in [-0.05, 0) is 108 Å². The third-order valence-corrected chi connectivity index (χ3v) is 8.06. The lowest BCUT2D eigenvalue weighted by Gasteiger charge is -2.27. The van der Waals surface area contributed by atoms with E-state index < -0.39 is 35.4 Å². The number of hydrogen-bond donors (Lipinski definition) is 1. The van der Waals surface area contributed by atoms with Crippen molar-refractivity contribution in [3.63, 3.8) is 0 Å². The molecule has 1 N–H and O–H groups in total. The molecule has 4 aromatic rings. The van der Waals surface area contributed by atoms with Gasteiger partial charge in [-0.2, -0.15) is 0 Å². The van der Waals surface area contributed by atoms with Crippen LogP contribution in [0.3, 0.4) is 0 Å². The van der Waals surface area contributed by atoms with E-state index in [0.717, 1.165) is 16.5 Å². The van der Waals surface area contributed by atoms with Crippen LogP contribution in [0, 0.1) is 0 Å². The lowest BCUT2D eigenvalue weighted by molar-refractivity contribution is -0.142. The number of anilines is 1. The maximum absolute atomic E-state index is 13.9. The predicted molar refractivity (Wildman–Crippen MR) is 206 cm³/mol. The topological polar surface area (TPSA) is 125 Å². The van der Waals surface area contributed by atoms with Gasteiger partial charge in [-0.3, -0.25) is 9.59 Å². The van der Waals surface area contributed by atoms with Crippen LogP contribution in [0.4, 0.5) is 15.3 Å². The Morgan fingerprint density at radius 3 is 2.17 bits per heavy atom. The van der Waals surface area contributed by atoms with Crippen LogP contribution in [-0.2, 0) is 43.1 Å². The van der Waals surface area contributed by atoms with Gasteiger partial charge in [0.15, 0.2) is 0 Å². The first-order valence-electron chi connectivity index (χ1n) is 17.7. The van der Waals surface area contributed by atoms with Crippen molar-refractivity contribution in [2.24, 2.45) is 0 Å². The van der Waals surface area contributed by atoms with Crippen LogP contribution in [0.1, 0.15) is 70.9 Å². The number of hydrogen-bond acceptors (Lipinski definition) is 8. The number of benzene rings is 3. The van der Waals surface area contributed by atoms with Gasteiger partial charge in [0, 0.05) is 24.5 Å². The maximum atomic E-state index is 13.9. The fourth-order valence-electron chi connectivity index (χ4n) is 5.79. The second kappa shape index (κ2) is 17.3. The molecule has 282 valence electrons. The molecule has 3 aromatic carbocycles. The van der Waals surface area contributed by atoms with Crippen molar-refractivity contribution in [2.45, 2.75) is 85.0 Å². The van der Waals surface area contributed by atoms with Gasteiger partial charge in [0.05, 0.1) is 31.3 Å². The minimum Gasteiger partial charge on any atom is -0.497 e. The molecular formula is C42H51N3O8. The molecule has 0 radical (unpaired) electrons. The molecule has 0 spiro atoms. The Hall–Kier alpha value is -5.58. The molecule has 0 unspecified atom stereocenters. The zero-order valence-corrected chi connectivity index (χ0v) is 32.1. The highest BCUT2D eigenvalue weighted by Gasteiger charge is 2.29. The van der Waals surface area contributed by atoms with E-state index in [4.69, 9.17) is 18.9 Å². The SMILES string of the molecule is CCOC(=O)Cc1c(/C=C/Cc2cccc(C[C@H](NC(=O)OC(C)(C)C)C(=O)N(C)c3ccc(OC)cc3)c2)n(C(=O)OC(C)(C)C)c2ccccc12. The van der Waals surface area contributed by atoms with Gasteiger partial charge in [0.25, 0.3) is 0 Å². The predicted octanol–water partition coefficient (Wildman–Crippen LogP) is 7.89. The van der Waals surface area contributed by atoms with Crippen LogP contribution in [0.25, 0.3) is 17.0 Å². The molecule has 0 aliphatic rings. The maximum Gasteiger partial charge on any atom is 0.419 e. The number of amides is 2. The number of alkyl carbamates (subject to hydrolysis) is 1. The molecule has 0 aliphatic carbocycles. The van der Waals surface area contributed by atoms with E-state index in [1.54, 1.807) is 86.9 Å². The number of ether oxygens (including phenoxy) is 4. The Morgan fingerprint density at radius 2 is 1.53 bits per heavy atom. The highest BCUT2D eigenvalue weighted by Crippen LogP contribution is 2.30. The summed E-state index contributed by atoms with van der Waals surface area (Å²) in [7, 11) is 3.23. The van der Waals surface area contributed by atoms with E-state index in [1.807, 2.05) is 60.7 Å². The van der Waals surface area contributed by atoms with Gasteiger partial charge >= 0.3 is 18.2 Å². The monoisotopic (exact) mass is 725 g/mol. The van der Waals surface area contributed by atoms with Crippen molar-refractivity contribution in [3.8, 4) is 5.75 Å². The number of esters is 1. The Kier molecular flexibility index (Phi) is 13.1. The number of nitrogens with one attached hydrogen (secondary N) is 1. The summed E-state index contributed by atoms with van der Waals surface area (Å²) in [5.74, 6) is -0.0653. The molecule has 11 nitrogen and oxygen atoms in total. The molecule has 11 heteroatoms. The van der Waals surface area contributed by atoms with Crippen LogP contribution in [0.2, 0.25) is 0 Å². The van der Waals surface area contributed by atoms with Crippen LogP contribution < -0.4 is 15.0 Å². The van der Waals surface area contributed by atoms with E-state index >= 15 is 0 Å². The van der Waals surface area contributed by atoms with Gasteiger partial charge in [0.1, 0.15) is 23.0 Å². The lowest BCUT2D eigenvalue weighted by Crippen LogP contribution is -2.50. The molecule has 0 fully saturated rings. The van der Waals surface area contributed by atoms with E-state index in [9.17, 15) is 19.2 Å². The Morgan fingerprint density at radius 1 is 0.868 bits per heavy atom. The Labute approximate surface area is 311 Å². The summed E-state index contributed by atoms with van der Waals surface area (Å²) >= 11 is 0. The number of allylic oxidation sites excluding steroid dienone is 1. The largest absolute Gasteiger partial charge is 0.497 e. The average Bonchev–Trinajstić information content (AvgIpc) is 3.38. The molecule has 0 saturated carbocycles. The van der Waals surface area contributed by atoms with Crippen molar-refractivity contribution < 1.29 is 38.1 Å². The minimum absolute atomic E-state index is 0.0235. The van der Waals surface area contributed by atoms with Crippen LogP contribution in [0.15, 0.2) is 78.9 Å². The van der Waals surface area contributed by atoms with E-state index in [1.165, 1.54) is 9.47 Å². The first-order valence-corrected chi connectivity index (χ1v) is 17.7. The number of para-hydroxylation sites is 1. The minimum atomic E-state index is -0.933. The normalized spacial score (nSPS) is 12.3. The first kappa shape index (κ1) is 40.2. The standard InChI is InChI=1S/C42H51N3O8/c1-10-51-37(46)27-33-32-18-11-12-19-35(32)45(40(49)53-42(5,6)7)36(33)20-14-16-28-15-13-17-29(25-28)26-34(43-39(48)52-41(2,3)4)38(47)44(8)30-21-23-31(50-9)24-22-30/h11-15,17-25,34H,10,16,26-27H2,1-9H3,(H,43,48)/b20-14+/t34-/m0/s1. The van der Waals surface area contributed by atoms with Gasteiger partial charge in [0.2, 0.25) is 5.91 Å². The van der Waals surface area contributed by atoms with Crippen LogP contribution in [0.5, 0.6) is 5.75 Å². The molecule has 1 heterocycles. The highest BCUT2D eigenvalue weighted by atomic mass is 16.6. The van der Waals surface area contributed by atoms with Gasteiger partial charge in [-0.15, -0.1) is 0 Å². The Bertz CT molecular complexity index is 1950. The number of methoxy groups -OCH3 is 1. The molecular weight excluding hydrogens is 674 g/mol. The lowest BCUT2D eigenvalue weighted by atomic mass is 10.0. The molecule has 1 aromatic heterocycles. The quantitative estimate of drug-likeness (QED) is 0.116. The number of aromatic nitrogens is 1. The van der Waals surface area contributed by atoms with E-state index in [0.29, 0.717) is 34.6 Å². The fraction of sp³-hybridized carbons (Fsp3) is 0.381. The molecule has 0 bridgehead atoms. The van der Waals surface area contributed by atoms with Crippen molar-refractivity contribution in [2.75, 3.05) is 25.7 Å². The van der Waals surface area contributed by atoms with E-state index in [2.05, 4.69) is 5.32 Å². The summed E-state index contributed by atoms with van der Waals surface area (Å²) in [6.45, 7) is 12.7. The zero-order valence-electron chi connectivity index (χ0n) is 32.1. The summed E-state index contributed by atoms with van der Waals surface area (Å²) in [4.78, 5) is 54.6. The number of fused-ring (bicyclic) bond motifs is 1. The van der Waals surface area contributed by atoms with Crippen molar-refractivity contribution in [3.05, 3.63) is 101 Å². The van der Waals surface area contributed by atoms with Crippen molar-refractivity contribution in [1.29, 1.82) is 0 Å². The number of rotatable bonds is 12. The third-order valence-electron chi connectivity index (χ3n) is 8.06. The van der Waals surface area contributed by atoms with Gasteiger partial charge < -0.3 is 29.2 Å². The van der Waals surface area contributed by atoms with Crippen LogP contribution in [-0.4, -0.2) is 66.6 Å². The molecule has 1 atom stereocenters. The first-order chi connectivity index (χ1) is 25.0. The summed E-state index contributed by atoms with van der Waals surface area (Å²) in [6, 6.07) is 21.3. The van der Waals surface area contributed by atoms with Crippen LogP contribution >= 0.6 is 0 Å². The average molecular weight is 726 g/mol. The van der Waals surface area contributed by atoms with E-state index in [-0.39, 0.29) is 25.4 Å². The number of likely N-dealkylation sites (N-methyl/N-ethyl adjacent to an activating group) is 1. The zero-order chi connectivity index (χ0) is 38.9. The van der Waals surface area contributed by atoms with Crippen molar-refractivity contribution >= 4 is 46.7 Å². The Balaban J connectivity index is 1.64.